The van der Waals surface area contributed by atoms with Crippen LogP contribution in [0.1, 0.15) is 44.6 Å². The van der Waals surface area contributed by atoms with Gasteiger partial charge in [-0.2, -0.15) is 12.1 Å². The molecule has 4 bridgehead atoms. The Hall–Kier alpha value is 0.0662. The molecule has 0 saturated heterocycles. The molecule has 0 amide bonds. The molecule has 23 heavy (non-hydrogen) atoms. The van der Waals surface area contributed by atoms with E-state index in [1.807, 2.05) is 6.07 Å². The monoisotopic (exact) mass is 388 g/mol. The van der Waals surface area contributed by atoms with E-state index in [2.05, 4.69) is 19.1 Å². The minimum atomic E-state index is 0. The van der Waals surface area contributed by atoms with Crippen LogP contribution in [0.2, 0.25) is 0 Å². The first-order chi connectivity index (χ1) is 10.2. The van der Waals surface area contributed by atoms with Gasteiger partial charge in [0.1, 0.15) is 0 Å². The molecule has 4 aliphatic rings. The second kappa shape index (κ2) is 7.13. The van der Waals surface area contributed by atoms with E-state index >= 15 is 0 Å². The Morgan fingerprint density at radius 3 is 2.00 bits per heavy atom. The van der Waals surface area contributed by atoms with E-state index in [0.29, 0.717) is 0 Å². The molecule has 4 aliphatic carbocycles. The number of hydrogen-bond acceptors (Lipinski definition) is 2. The quantitative estimate of drug-likeness (QED) is 0.563. The van der Waals surface area contributed by atoms with Crippen LogP contribution in [-0.2, 0) is 5.41 Å². The van der Waals surface area contributed by atoms with Crippen molar-refractivity contribution in [3.05, 3.63) is 23.8 Å². The molecule has 4 saturated carbocycles. The van der Waals surface area contributed by atoms with Gasteiger partial charge in [0.25, 0.3) is 0 Å². The maximum atomic E-state index is 5.74. The summed E-state index contributed by atoms with van der Waals surface area (Å²) >= 11 is 0. The summed E-state index contributed by atoms with van der Waals surface area (Å²) in [6.07, 6.45) is 7.12. The smallest absolute Gasteiger partial charge is 1.00 e. The normalized spacial score (nSPS) is 36.8. The SMILES string of the molecule is COc1c[c-]cc(C2(C)C3CC4CC(C3)CC2C4)c1OC.[Br-].[Mg+2]. The second-order valence-electron chi connectivity index (χ2n) is 7.56. The molecule has 0 radical (unpaired) electrons. The van der Waals surface area contributed by atoms with Crippen LogP contribution >= 0.6 is 0 Å². The number of ether oxygens (including phenoxy) is 2. The van der Waals surface area contributed by atoms with Crippen molar-refractivity contribution in [3.8, 4) is 11.5 Å². The maximum Gasteiger partial charge on any atom is 2.00 e. The average Bonchev–Trinajstić information content (AvgIpc) is 2.50. The molecule has 1 aromatic rings. The van der Waals surface area contributed by atoms with Crippen molar-refractivity contribution < 1.29 is 26.5 Å². The van der Waals surface area contributed by atoms with Crippen LogP contribution < -0.4 is 26.5 Å². The van der Waals surface area contributed by atoms with E-state index in [4.69, 9.17) is 9.47 Å². The molecule has 0 N–H and O–H groups in total. The summed E-state index contributed by atoms with van der Waals surface area (Å²) in [6.45, 7) is 2.48. The molecule has 122 valence electrons. The van der Waals surface area contributed by atoms with E-state index < -0.39 is 0 Å². The topological polar surface area (TPSA) is 18.5 Å². The van der Waals surface area contributed by atoms with E-state index in [1.54, 1.807) is 14.2 Å². The largest absolute Gasteiger partial charge is 2.00 e. The molecular formula is C19H25BrMgO2. The average molecular weight is 390 g/mol. The van der Waals surface area contributed by atoms with E-state index in [-0.39, 0.29) is 45.4 Å². The molecular weight excluding hydrogens is 364 g/mol. The summed E-state index contributed by atoms with van der Waals surface area (Å²) in [5.74, 6) is 5.35. The van der Waals surface area contributed by atoms with Crippen LogP contribution in [0.3, 0.4) is 0 Å². The van der Waals surface area contributed by atoms with Gasteiger partial charge in [0.15, 0.2) is 0 Å². The first kappa shape index (κ1) is 19.4. The van der Waals surface area contributed by atoms with Crippen molar-refractivity contribution in [2.45, 2.75) is 44.4 Å². The fourth-order valence-corrected chi connectivity index (χ4v) is 5.83. The molecule has 0 unspecified atom stereocenters. The van der Waals surface area contributed by atoms with Gasteiger partial charge in [-0.1, -0.05) is 6.92 Å². The van der Waals surface area contributed by atoms with Crippen LogP contribution in [-0.4, -0.2) is 37.3 Å². The Bertz CT molecular complexity index is 532. The summed E-state index contributed by atoms with van der Waals surface area (Å²) in [4.78, 5) is 0. The zero-order chi connectivity index (χ0) is 14.6. The van der Waals surface area contributed by atoms with Crippen molar-refractivity contribution in [1.29, 1.82) is 0 Å². The minimum Gasteiger partial charge on any atom is -1.00 e. The third kappa shape index (κ3) is 2.83. The zero-order valence-electron chi connectivity index (χ0n) is 14.4. The van der Waals surface area contributed by atoms with Gasteiger partial charge in [0, 0.05) is 5.75 Å². The minimum absolute atomic E-state index is 0. The molecule has 4 heteroatoms. The van der Waals surface area contributed by atoms with Crippen molar-refractivity contribution >= 4 is 23.1 Å². The zero-order valence-corrected chi connectivity index (χ0v) is 17.4. The summed E-state index contributed by atoms with van der Waals surface area (Å²) in [5.41, 5.74) is 1.57. The molecule has 2 nitrogen and oxygen atoms in total. The predicted molar refractivity (Wildman–Crippen MR) is 88.5 cm³/mol. The van der Waals surface area contributed by atoms with Crippen LogP contribution in [0, 0.1) is 29.7 Å². The summed E-state index contributed by atoms with van der Waals surface area (Å²) in [5, 5.41) is 0. The molecule has 0 atom stereocenters. The van der Waals surface area contributed by atoms with Crippen molar-refractivity contribution in [2.75, 3.05) is 14.2 Å². The fourth-order valence-electron chi connectivity index (χ4n) is 5.83. The second-order valence-corrected chi connectivity index (χ2v) is 7.56. The predicted octanol–water partition coefficient (Wildman–Crippen LogP) is 0.841. The first-order valence-corrected chi connectivity index (χ1v) is 8.29. The van der Waals surface area contributed by atoms with Crippen molar-refractivity contribution in [3.63, 3.8) is 0 Å². The van der Waals surface area contributed by atoms with Gasteiger partial charge >= 0.3 is 23.1 Å². The van der Waals surface area contributed by atoms with Gasteiger partial charge in [-0.15, -0.1) is 11.6 Å². The van der Waals surface area contributed by atoms with E-state index in [9.17, 15) is 0 Å². The standard InChI is InChI=1S/C19H25O2.BrH.Mg/c1-19(16-5-4-6-17(20-2)18(16)21-3)14-8-12-7-13(10-14)11-15(19)9-12;;/h5-6,12-15H,7-11H2,1-3H3;1H;/q-1;;+2/p-1. The first-order valence-electron chi connectivity index (χ1n) is 8.29. The molecule has 4 fully saturated rings. The maximum absolute atomic E-state index is 5.74. The van der Waals surface area contributed by atoms with E-state index in [1.165, 1.54) is 37.7 Å². The van der Waals surface area contributed by atoms with Gasteiger partial charge in [-0.25, -0.2) is 0 Å². The Balaban J connectivity index is 0.000000960. The van der Waals surface area contributed by atoms with Gasteiger partial charge in [-0.3, -0.25) is 0 Å². The summed E-state index contributed by atoms with van der Waals surface area (Å²) < 4.78 is 11.3. The van der Waals surface area contributed by atoms with Crippen molar-refractivity contribution in [2.24, 2.45) is 23.7 Å². The van der Waals surface area contributed by atoms with Crippen LogP contribution in [0.15, 0.2) is 12.1 Å². The number of methoxy groups -OCH3 is 2. The van der Waals surface area contributed by atoms with E-state index in [0.717, 1.165) is 35.2 Å². The third-order valence-corrected chi connectivity index (χ3v) is 6.75. The van der Waals surface area contributed by atoms with Crippen molar-refractivity contribution in [1.82, 2.24) is 0 Å². The van der Waals surface area contributed by atoms with Crippen LogP contribution in [0.4, 0.5) is 0 Å². The Morgan fingerprint density at radius 1 is 0.957 bits per heavy atom. The molecule has 5 rings (SSSR count). The molecule has 0 heterocycles. The molecule has 0 aliphatic heterocycles. The third-order valence-electron chi connectivity index (χ3n) is 6.75. The summed E-state index contributed by atoms with van der Waals surface area (Å²) in [7, 11) is 3.48. The molecule has 0 spiro atoms. The number of rotatable bonds is 3. The Kier molecular flexibility index (Phi) is 6.01. The number of halogens is 1. The Labute approximate surface area is 166 Å². The number of benzene rings is 1. The molecule has 1 aromatic carbocycles. The van der Waals surface area contributed by atoms with Crippen LogP contribution in [0.25, 0.3) is 0 Å². The molecule has 0 aromatic heterocycles. The van der Waals surface area contributed by atoms with Gasteiger partial charge in [0.05, 0.1) is 20.0 Å². The number of hydrogen-bond donors (Lipinski definition) is 0. The van der Waals surface area contributed by atoms with Gasteiger partial charge in [0.2, 0.25) is 0 Å². The fraction of sp³-hybridized carbons (Fsp3) is 0.684. The van der Waals surface area contributed by atoms with Gasteiger partial charge in [-0.05, 0) is 61.2 Å². The Morgan fingerprint density at radius 2 is 1.52 bits per heavy atom. The van der Waals surface area contributed by atoms with Crippen LogP contribution in [0.5, 0.6) is 11.5 Å². The van der Waals surface area contributed by atoms with Gasteiger partial charge < -0.3 is 26.5 Å². The summed E-state index contributed by atoms with van der Waals surface area (Å²) in [6, 6.07) is 7.33.